The molecule has 3 heterocycles. The maximum absolute atomic E-state index is 14.1. The van der Waals surface area contributed by atoms with Gasteiger partial charge in [-0.3, -0.25) is 0 Å². The first-order chi connectivity index (χ1) is 22.3. The van der Waals surface area contributed by atoms with Gasteiger partial charge in [-0.2, -0.15) is 14.4 Å². The summed E-state index contributed by atoms with van der Waals surface area (Å²) in [5.41, 5.74) is 0.153. The lowest BCUT2D eigenvalue weighted by Crippen LogP contribution is -2.57. The Morgan fingerprint density at radius 2 is 1.40 bits per heavy atom. The summed E-state index contributed by atoms with van der Waals surface area (Å²) in [7, 11) is 0. The molecule has 0 aliphatic carbocycles. The van der Waals surface area contributed by atoms with E-state index in [0.29, 0.717) is 37.2 Å². The number of amides is 1. The number of esters is 3. The van der Waals surface area contributed by atoms with Crippen molar-refractivity contribution < 1.29 is 47.0 Å². The second kappa shape index (κ2) is 14.8. The lowest BCUT2D eigenvalue weighted by molar-refractivity contribution is -0.811. The zero-order valence-electron chi connectivity index (χ0n) is 27.7. The highest BCUT2D eigenvalue weighted by Crippen LogP contribution is 2.44. The largest absolute Gasteiger partial charge is 0.523 e. The summed E-state index contributed by atoms with van der Waals surface area (Å²) in [5, 5.41) is 11.7. The molecule has 13 heteroatoms. The molecular weight excluding hydrogens is 611 g/mol. The van der Waals surface area contributed by atoms with Crippen LogP contribution in [0.4, 0.5) is 9.18 Å². The molecule has 1 unspecified atom stereocenters. The van der Waals surface area contributed by atoms with Gasteiger partial charge in [-0.25, -0.2) is 18.8 Å². The number of hydrogen-bond donors (Lipinski definition) is 1. The molecule has 47 heavy (non-hydrogen) atoms. The number of nitrogens with zero attached hydrogens (tertiary/aromatic N) is 3. The normalized spacial score (nSPS) is 17.6. The quantitative estimate of drug-likeness (QED) is 0.213. The number of halogens is 1. The molecule has 1 aromatic heterocycles. The maximum Gasteiger partial charge on any atom is 0.523 e. The Bertz CT molecular complexity index is 1560. The number of likely N-dealkylation sites (tertiary alicyclic amines) is 1. The fourth-order valence-electron chi connectivity index (χ4n) is 5.72. The average molecular weight is 654 g/mol. The smallest absolute Gasteiger partial charge is 0.463 e. The maximum atomic E-state index is 14.1. The Balaban J connectivity index is 2.05. The number of dihydropyridines is 1. The highest BCUT2D eigenvalue weighted by atomic mass is 19.1. The lowest BCUT2D eigenvalue weighted by atomic mass is 9.82. The highest BCUT2D eigenvalue weighted by molar-refractivity contribution is 6.00. The van der Waals surface area contributed by atoms with E-state index in [2.05, 4.69) is 15.5 Å². The Morgan fingerprint density at radius 1 is 0.830 bits per heavy atom. The minimum Gasteiger partial charge on any atom is -0.463 e. The van der Waals surface area contributed by atoms with E-state index >= 15 is 0 Å². The molecule has 4 rings (SSSR count). The summed E-state index contributed by atoms with van der Waals surface area (Å²) in [4.78, 5) is 54.5. The number of quaternary nitrogens is 1. The molecule has 2 aliphatic rings. The van der Waals surface area contributed by atoms with Crippen LogP contribution in [0, 0.1) is 5.82 Å². The number of carbonyl (C=O) groups is 4. The number of aromatic nitrogens is 2. The number of nitrogens with one attached hydrogen (secondary N) is 1. The summed E-state index contributed by atoms with van der Waals surface area (Å²) in [6, 6.07) is 8.62. The van der Waals surface area contributed by atoms with Crippen LogP contribution in [0.2, 0.25) is 0 Å². The van der Waals surface area contributed by atoms with Crippen LogP contribution in [0.15, 0.2) is 59.1 Å². The van der Waals surface area contributed by atoms with Crippen molar-refractivity contribution in [3.63, 3.8) is 0 Å². The van der Waals surface area contributed by atoms with Crippen LogP contribution >= 0.6 is 0 Å². The van der Waals surface area contributed by atoms with Gasteiger partial charge in [0.15, 0.2) is 5.69 Å². The standard InChI is InChI=1S/C34H41FN4O8/c1-7-44-30(40)24-17-16-23(37-38-24)26-27(31(41)45-8-2)25(20-21-12-14-22(35)15-13-21)36-29(28(26)32(42)46-9-3)39(18-10-11-19-39)33(43)47-34(4,5)6/h12-17,26H,7-11,18-20H2,1-6H3/p+1. The van der Waals surface area contributed by atoms with Crippen LogP contribution in [0.3, 0.4) is 0 Å². The van der Waals surface area contributed by atoms with Gasteiger partial charge in [0, 0.05) is 25.0 Å². The molecule has 1 amide bonds. The van der Waals surface area contributed by atoms with Crippen molar-refractivity contribution in [1.29, 1.82) is 0 Å². The number of ether oxygens (including phenoxy) is 4. The number of carbonyl (C=O) groups excluding carboxylic acids is 4. The van der Waals surface area contributed by atoms with Gasteiger partial charge < -0.3 is 24.3 Å². The molecule has 1 atom stereocenters. The van der Waals surface area contributed by atoms with Crippen molar-refractivity contribution in [2.45, 2.75) is 72.3 Å². The summed E-state index contributed by atoms with van der Waals surface area (Å²) >= 11 is 0. The zero-order valence-corrected chi connectivity index (χ0v) is 27.7. The van der Waals surface area contributed by atoms with E-state index in [-0.39, 0.29) is 59.1 Å². The van der Waals surface area contributed by atoms with Crippen molar-refractivity contribution in [3.8, 4) is 0 Å². The molecule has 252 valence electrons. The molecule has 1 fully saturated rings. The van der Waals surface area contributed by atoms with Crippen LogP contribution in [0.25, 0.3) is 0 Å². The fourth-order valence-corrected chi connectivity index (χ4v) is 5.72. The molecule has 2 aromatic rings. The van der Waals surface area contributed by atoms with Crippen molar-refractivity contribution in [3.05, 3.63) is 81.8 Å². The first kappa shape index (κ1) is 35.2. The molecule has 1 aromatic carbocycles. The second-order valence-electron chi connectivity index (χ2n) is 12.1. The predicted octanol–water partition coefficient (Wildman–Crippen LogP) is 4.86. The van der Waals surface area contributed by atoms with E-state index < -0.39 is 41.3 Å². The molecule has 0 spiro atoms. The Labute approximate surface area is 273 Å². The minimum atomic E-state index is -1.23. The number of allylic oxidation sites excluding steroid dienone is 1. The topological polar surface area (TPSA) is 143 Å². The first-order valence-corrected chi connectivity index (χ1v) is 15.8. The number of benzene rings is 1. The van der Waals surface area contributed by atoms with Crippen LogP contribution in [-0.2, 0) is 35.0 Å². The monoisotopic (exact) mass is 653 g/mol. The van der Waals surface area contributed by atoms with Gasteiger partial charge in [0.2, 0.25) is 5.82 Å². The molecule has 0 radical (unpaired) electrons. The Kier molecular flexibility index (Phi) is 11.1. The summed E-state index contributed by atoms with van der Waals surface area (Å²) < 4.78 is 35.6. The van der Waals surface area contributed by atoms with Crippen LogP contribution < -0.4 is 5.32 Å². The van der Waals surface area contributed by atoms with Crippen LogP contribution in [-0.4, -0.2) is 77.2 Å². The third kappa shape index (κ3) is 7.84. The minimum absolute atomic E-state index is 0.00311. The third-order valence-electron chi connectivity index (χ3n) is 7.68. The van der Waals surface area contributed by atoms with Gasteiger partial charge in [-0.05, 0) is 71.4 Å². The first-order valence-electron chi connectivity index (χ1n) is 15.8. The molecule has 1 N–H and O–H groups in total. The molecule has 1 saturated heterocycles. The SMILES string of the molecule is CCOC(=O)C1=C(Cc2ccc(F)cc2)NC([N+]2(C(=O)OC(C)(C)C)CCCC2)=C(C(=O)OCC)C1c1ccc(C(=O)OCC)nn1. The van der Waals surface area contributed by atoms with Crippen LogP contribution in [0.1, 0.15) is 82.0 Å². The molecule has 12 nitrogen and oxygen atoms in total. The van der Waals surface area contributed by atoms with Gasteiger partial charge in [-0.1, -0.05) is 12.1 Å². The van der Waals surface area contributed by atoms with Gasteiger partial charge in [0.25, 0.3) is 0 Å². The van der Waals surface area contributed by atoms with Crippen molar-refractivity contribution in [2.75, 3.05) is 32.9 Å². The van der Waals surface area contributed by atoms with Gasteiger partial charge >= 0.3 is 24.0 Å². The summed E-state index contributed by atoms with van der Waals surface area (Å²) in [5.74, 6) is -3.71. The highest BCUT2D eigenvalue weighted by Gasteiger charge is 2.54. The van der Waals surface area contributed by atoms with E-state index in [0.717, 1.165) is 0 Å². The zero-order chi connectivity index (χ0) is 34.4. The second-order valence-corrected chi connectivity index (χ2v) is 12.1. The molecule has 0 bridgehead atoms. The van der Waals surface area contributed by atoms with Crippen LogP contribution in [0.5, 0.6) is 0 Å². The molecule has 2 aliphatic heterocycles. The number of rotatable bonds is 10. The Hall–Kier alpha value is -4.65. The third-order valence-corrected chi connectivity index (χ3v) is 7.68. The fraction of sp³-hybridized carbons (Fsp3) is 0.471. The average Bonchev–Trinajstić information content (AvgIpc) is 3.53. The van der Waals surface area contributed by atoms with E-state index in [1.54, 1.807) is 53.7 Å². The lowest BCUT2D eigenvalue weighted by Gasteiger charge is -2.39. The van der Waals surface area contributed by atoms with E-state index in [1.165, 1.54) is 24.3 Å². The van der Waals surface area contributed by atoms with E-state index in [1.807, 2.05) is 0 Å². The number of hydrogen-bond acceptors (Lipinski definition) is 11. The van der Waals surface area contributed by atoms with Crippen molar-refractivity contribution in [2.24, 2.45) is 0 Å². The summed E-state index contributed by atoms with van der Waals surface area (Å²) in [6.45, 7) is 11.0. The van der Waals surface area contributed by atoms with Crippen molar-refractivity contribution >= 4 is 24.0 Å². The van der Waals surface area contributed by atoms with Gasteiger partial charge in [0.1, 0.15) is 17.0 Å². The summed E-state index contributed by atoms with van der Waals surface area (Å²) in [6.07, 6.45) is 0.803. The Morgan fingerprint density at radius 3 is 1.94 bits per heavy atom. The molecule has 0 saturated carbocycles. The predicted molar refractivity (Wildman–Crippen MR) is 167 cm³/mol. The van der Waals surface area contributed by atoms with Gasteiger partial charge in [0.05, 0.1) is 50.1 Å². The van der Waals surface area contributed by atoms with E-state index in [9.17, 15) is 23.6 Å². The van der Waals surface area contributed by atoms with Crippen molar-refractivity contribution in [1.82, 2.24) is 15.5 Å². The van der Waals surface area contributed by atoms with Gasteiger partial charge in [-0.15, -0.1) is 5.10 Å². The molecular formula is C34H42FN4O8+. The van der Waals surface area contributed by atoms with E-state index in [4.69, 9.17) is 18.9 Å².